The highest BCUT2D eigenvalue weighted by atomic mass is 16.6. The van der Waals surface area contributed by atoms with Crippen LogP contribution in [0.3, 0.4) is 0 Å². The first-order chi connectivity index (χ1) is 10.7. The first-order valence-electron chi connectivity index (χ1n) is 7.69. The van der Waals surface area contributed by atoms with E-state index < -0.39 is 0 Å². The molecule has 2 N–H and O–H groups in total. The van der Waals surface area contributed by atoms with Gasteiger partial charge in [0.15, 0.2) is 11.5 Å². The van der Waals surface area contributed by atoms with Gasteiger partial charge in [0.1, 0.15) is 13.2 Å². The number of piperidine rings is 1. The van der Waals surface area contributed by atoms with Gasteiger partial charge in [0.25, 0.3) is 5.91 Å². The Morgan fingerprint density at radius 2 is 2.18 bits per heavy atom. The van der Waals surface area contributed by atoms with E-state index in [1.165, 1.54) is 0 Å². The van der Waals surface area contributed by atoms with Crippen LogP contribution in [0.15, 0.2) is 12.1 Å². The quantitative estimate of drug-likeness (QED) is 0.882. The third-order valence-corrected chi connectivity index (χ3v) is 4.05. The molecule has 0 aromatic heterocycles. The van der Waals surface area contributed by atoms with Gasteiger partial charge in [0, 0.05) is 17.6 Å². The molecule has 0 radical (unpaired) electrons. The first-order valence-corrected chi connectivity index (χ1v) is 7.69. The molecule has 2 unspecified atom stereocenters. The first kappa shape index (κ1) is 15.0. The van der Waals surface area contributed by atoms with Crippen LogP contribution in [-0.2, 0) is 0 Å². The molecule has 22 heavy (non-hydrogen) atoms. The number of nitrogens with one attached hydrogen (secondary N) is 2. The van der Waals surface area contributed by atoms with Crippen LogP contribution in [0.5, 0.6) is 17.2 Å². The van der Waals surface area contributed by atoms with Crippen LogP contribution >= 0.6 is 0 Å². The molecule has 6 heteroatoms. The third-order valence-electron chi connectivity index (χ3n) is 4.05. The van der Waals surface area contributed by atoms with Crippen LogP contribution in [-0.4, -0.2) is 44.9 Å². The highest BCUT2D eigenvalue weighted by Gasteiger charge is 2.24. The maximum atomic E-state index is 12.5. The van der Waals surface area contributed by atoms with Gasteiger partial charge in [-0.25, -0.2) is 0 Å². The van der Waals surface area contributed by atoms with E-state index in [0.717, 1.165) is 19.4 Å². The van der Waals surface area contributed by atoms with Gasteiger partial charge in [-0.05, 0) is 38.4 Å². The molecule has 2 atom stereocenters. The minimum absolute atomic E-state index is 0.102. The third kappa shape index (κ3) is 3.11. The molecule has 1 amide bonds. The number of carbonyl (C=O) groups is 1. The lowest BCUT2D eigenvalue weighted by atomic mass is 10.00. The molecule has 3 rings (SSSR count). The van der Waals surface area contributed by atoms with Gasteiger partial charge in [0.2, 0.25) is 5.75 Å². The average Bonchev–Trinajstić information content (AvgIpc) is 2.53. The fourth-order valence-electron chi connectivity index (χ4n) is 2.94. The lowest BCUT2D eigenvalue weighted by Gasteiger charge is -2.29. The maximum absolute atomic E-state index is 12.5. The summed E-state index contributed by atoms with van der Waals surface area (Å²) in [5.41, 5.74) is 0.535. The molecule has 0 spiro atoms. The van der Waals surface area contributed by atoms with E-state index in [9.17, 15) is 4.79 Å². The smallest absolute Gasteiger partial charge is 0.251 e. The summed E-state index contributed by atoms with van der Waals surface area (Å²) in [6, 6.07) is 4.04. The molecule has 1 aromatic rings. The van der Waals surface area contributed by atoms with Crippen molar-refractivity contribution >= 4 is 5.91 Å². The normalized spacial score (nSPS) is 23.7. The van der Waals surface area contributed by atoms with Gasteiger partial charge < -0.3 is 24.8 Å². The zero-order chi connectivity index (χ0) is 15.5. The zero-order valence-corrected chi connectivity index (χ0v) is 13.0. The van der Waals surface area contributed by atoms with Crippen molar-refractivity contribution in [3.05, 3.63) is 17.7 Å². The molecule has 1 aromatic carbocycles. The lowest BCUT2D eigenvalue weighted by Crippen LogP contribution is -2.46. The predicted octanol–water partition coefficient (Wildman–Crippen LogP) is 1.34. The van der Waals surface area contributed by atoms with Crippen molar-refractivity contribution in [2.75, 3.05) is 26.9 Å². The van der Waals surface area contributed by atoms with Crippen molar-refractivity contribution in [3.8, 4) is 17.2 Å². The molecule has 2 heterocycles. The number of hydrogen-bond donors (Lipinski definition) is 2. The summed E-state index contributed by atoms with van der Waals surface area (Å²) in [5.74, 6) is 1.56. The highest BCUT2D eigenvalue weighted by Crippen LogP contribution is 2.40. The number of ether oxygens (including phenoxy) is 3. The minimum Gasteiger partial charge on any atom is -0.493 e. The standard InChI is InChI=1S/C16H22N2O4/c1-10-7-12(3-4-17-10)18-16(19)11-8-13(20-2)15-14(9-11)21-5-6-22-15/h8-10,12,17H,3-7H2,1-2H3,(H,18,19). The molecular weight excluding hydrogens is 284 g/mol. The fraction of sp³-hybridized carbons (Fsp3) is 0.562. The summed E-state index contributed by atoms with van der Waals surface area (Å²) in [5, 5.41) is 6.47. The largest absolute Gasteiger partial charge is 0.493 e. The molecule has 1 fully saturated rings. The second kappa shape index (κ2) is 6.44. The lowest BCUT2D eigenvalue weighted by molar-refractivity contribution is 0.0923. The zero-order valence-electron chi connectivity index (χ0n) is 13.0. The molecule has 1 saturated heterocycles. The number of fused-ring (bicyclic) bond motifs is 1. The van der Waals surface area contributed by atoms with Crippen molar-refractivity contribution < 1.29 is 19.0 Å². The predicted molar refractivity (Wildman–Crippen MR) is 81.9 cm³/mol. The topological polar surface area (TPSA) is 68.8 Å². The number of rotatable bonds is 3. The van der Waals surface area contributed by atoms with Crippen LogP contribution in [0.25, 0.3) is 0 Å². The fourth-order valence-corrected chi connectivity index (χ4v) is 2.94. The summed E-state index contributed by atoms with van der Waals surface area (Å²) in [6.45, 7) is 4.02. The molecule has 2 aliphatic heterocycles. The minimum atomic E-state index is -0.102. The maximum Gasteiger partial charge on any atom is 0.251 e. The van der Waals surface area contributed by atoms with Gasteiger partial charge >= 0.3 is 0 Å². The average molecular weight is 306 g/mol. The van der Waals surface area contributed by atoms with E-state index in [0.29, 0.717) is 42.1 Å². The summed E-state index contributed by atoms with van der Waals surface area (Å²) >= 11 is 0. The van der Waals surface area contributed by atoms with Crippen LogP contribution in [0.1, 0.15) is 30.1 Å². The summed E-state index contributed by atoms with van der Waals surface area (Å²) in [4.78, 5) is 12.5. The second-order valence-electron chi connectivity index (χ2n) is 5.75. The van der Waals surface area contributed by atoms with Gasteiger partial charge in [0.05, 0.1) is 7.11 Å². The summed E-state index contributed by atoms with van der Waals surface area (Å²) in [6.07, 6.45) is 1.88. The Balaban J connectivity index is 1.77. The Morgan fingerprint density at radius 3 is 2.95 bits per heavy atom. The number of methoxy groups -OCH3 is 1. The summed E-state index contributed by atoms with van der Waals surface area (Å²) in [7, 11) is 1.56. The van der Waals surface area contributed by atoms with Crippen molar-refractivity contribution in [1.82, 2.24) is 10.6 Å². The molecular formula is C16H22N2O4. The molecule has 6 nitrogen and oxygen atoms in total. The Labute approximate surface area is 130 Å². The SMILES string of the molecule is COc1cc(C(=O)NC2CCNC(C)C2)cc2c1OCCO2. The van der Waals surface area contributed by atoms with E-state index >= 15 is 0 Å². The van der Waals surface area contributed by atoms with Crippen molar-refractivity contribution in [2.45, 2.75) is 31.8 Å². The highest BCUT2D eigenvalue weighted by molar-refractivity contribution is 5.95. The van der Waals surface area contributed by atoms with E-state index in [4.69, 9.17) is 14.2 Å². The Morgan fingerprint density at radius 1 is 1.36 bits per heavy atom. The molecule has 2 aliphatic rings. The van der Waals surface area contributed by atoms with Gasteiger partial charge in [-0.1, -0.05) is 0 Å². The number of carbonyl (C=O) groups excluding carboxylic acids is 1. The van der Waals surface area contributed by atoms with Gasteiger partial charge in [-0.2, -0.15) is 0 Å². The van der Waals surface area contributed by atoms with Crippen LogP contribution in [0.2, 0.25) is 0 Å². The Bertz CT molecular complexity index is 544. The van der Waals surface area contributed by atoms with Gasteiger partial charge in [-0.15, -0.1) is 0 Å². The van der Waals surface area contributed by atoms with Crippen molar-refractivity contribution in [3.63, 3.8) is 0 Å². The van der Waals surface area contributed by atoms with Gasteiger partial charge in [-0.3, -0.25) is 4.79 Å². The van der Waals surface area contributed by atoms with Crippen LogP contribution < -0.4 is 24.8 Å². The second-order valence-corrected chi connectivity index (χ2v) is 5.75. The van der Waals surface area contributed by atoms with E-state index in [1.54, 1.807) is 19.2 Å². The number of hydrogen-bond acceptors (Lipinski definition) is 5. The molecule has 0 aliphatic carbocycles. The molecule has 0 bridgehead atoms. The Hall–Kier alpha value is -1.95. The van der Waals surface area contributed by atoms with Crippen LogP contribution in [0.4, 0.5) is 0 Å². The number of amides is 1. The van der Waals surface area contributed by atoms with Crippen molar-refractivity contribution in [1.29, 1.82) is 0 Å². The van der Waals surface area contributed by atoms with E-state index in [2.05, 4.69) is 17.6 Å². The monoisotopic (exact) mass is 306 g/mol. The van der Waals surface area contributed by atoms with E-state index in [1.807, 2.05) is 0 Å². The van der Waals surface area contributed by atoms with Crippen molar-refractivity contribution in [2.24, 2.45) is 0 Å². The number of benzene rings is 1. The van der Waals surface area contributed by atoms with Crippen LogP contribution in [0, 0.1) is 0 Å². The molecule has 0 saturated carbocycles. The summed E-state index contributed by atoms with van der Waals surface area (Å²) < 4.78 is 16.4. The molecule has 120 valence electrons. The van der Waals surface area contributed by atoms with E-state index in [-0.39, 0.29) is 11.9 Å². The Kier molecular flexibility index (Phi) is 4.38.